The third-order valence-corrected chi connectivity index (χ3v) is 6.85. The number of hydrogen-bond acceptors (Lipinski definition) is 3. The van der Waals surface area contributed by atoms with E-state index in [9.17, 15) is 9.59 Å². The number of amides is 2. The fourth-order valence-electron chi connectivity index (χ4n) is 3.32. The van der Waals surface area contributed by atoms with Gasteiger partial charge in [-0.25, -0.2) is 4.98 Å². The maximum absolute atomic E-state index is 11.7. The number of aryl methyl sites for hydroxylation is 2. The summed E-state index contributed by atoms with van der Waals surface area (Å²) in [6, 6.07) is 8.34. The Bertz CT molecular complexity index is 1050. The predicted molar refractivity (Wildman–Crippen MR) is 155 cm³/mol. The summed E-state index contributed by atoms with van der Waals surface area (Å²) >= 11 is 0. The van der Waals surface area contributed by atoms with E-state index in [-0.39, 0.29) is 23.1 Å². The third-order valence-electron chi connectivity index (χ3n) is 6.85. The van der Waals surface area contributed by atoms with Gasteiger partial charge in [-0.1, -0.05) is 41.5 Å². The van der Waals surface area contributed by atoms with Gasteiger partial charge in [0, 0.05) is 48.4 Å². The quantitative estimate of drug-likeness (QED) is 0.336. The van der Waals surface area contributed by atoms with E-state index in [0.717, 1.165) is 30.8 Å². The first-order valence-electron chi connectivity index (χ1n) is 13.7. The van der Waals surface area contributed by atoms with Crippen LogP contribution in [0, 0.1) is 25.2 Å². The monoisotopic (exact) mass is 526 g/mol. The van der Waals surface area contributed by atoms with Crippen molar-refractivity contribution in [2.45, 2.75) is 101 Å². The number of carbonyl (C=O) groups is 2. The van der Waals surface area contributed by atoms with Crippen LogP contribution in [0.15, 0.2) is 55.2 Å². The highest BCUT2D eigenvalue weighted by Crippen LogP contribution is 2.19. The van der Waals surface area contributed by atoms with Crippen molar-refractivity contribution in [1.82, 2.24) is 29.3 Å². The van der Waals surface area contributed by atoms with Crippen LogP contribution in [0.1, 0.15) is 85.3 Å². The summed E-state index contributed by atoms with van der Waals surface area (Å²) in [5, 5.41) is 5.76. The number of nitrogens with zero attached hydrogens (tertiary/aromatic N) is 4. The molecular weight excluding hydrogens is 476 g/mol. The summed E-state index contributed by atoms with van der Waals surface area (Å²) in [6.07, 6.45) is 12.7. The van der Waals surface area contributed by atoms with Crippen LogP contribution in [-0.2, 0) is 22.9 Å². The van der Waals surface area contributed by atoms with Crippen molar-refractivity contribution in [2.24, 2.45) is 11.3 Å². The summed E-state index contributed by atoms with van der Waals surface area (Å²) in [5.74, 6) is 1.46. The van der Waals surface area contributed by atoms with Crippen LogP contribution in [0.5, 0.6) is 0 Å². The lowest BCUT2D eigenvalue weighted by atomic mass is 9.89. The molecule has 0 aromatic carbocycles. The Labute approximate surface area is 229 Å². The lowest BCUT2D eigenvalue weighted by Crippen LogP contribution is -2.37. The topological polar surface area (TPSA) is 85.9 Å². The fourth-order valence-corrected chi connectivity index (χ4v) is 3.32. The smallest absolute Gasteiger partial charge is 0.227 e. The van der Waals surface area contributed by atoms with Crippen LogP contribution >= 0.6 is 0 Å². The minimum atomic E-state index is -0.271. The number of nitrogens with one attached hydrogen (secondary N) is 2. The second-order valence-electron chi connectivity index (χ2n) is 10.4. The average Bonchev–Trinajstić information content (AvgIpc) is 3.68. The third kappa shape index (κ3) is 11.4. The first-order valence-corrected chi connectivity index (χ1v) is 13.7. The summed E-state index contributed by atoms with van der Waals surface area (Å²) in [6.45, 7) is 19.5. The molecule has 3 heterocycles. The molecule has 2 N–H and O–H groups in total. The number of rotatable bonds is 10. The SMILES string of the molecule is CCC(C)(C)C(=O)NCn1cccc1.CCC(C)C(=O)NCn1cccc1.CCC(C)n1cc(C)nc1C. The molecule has 0 saturated heterocycles. The molecule has 0 aliphatic heterocycles. The van der Waals surface area contributed by atoms with Gasteiger partial charge in [0.1, 0.15) is 5.82 Å². The Morgan fingerprint density at radius 1 is 0.868 bits per heavy atom. The average molecular weight is 527 g/mol. The van der Waals surface area contributed by atoms with Gasteiger partial charge in [0.25, 0.3) is 0 Å². The molecule has 0 saturated carbocycles. The Kier molecular flexibility index (Phi) is 14.2. The molecular formula is C30H50N6O2. The van der Waals surface area contributed by atoms with Crippen LogP contribution in [0.3, 0.4) is 0 Å². The van der Waals surface area contributed by atoms with Gasteiger partial charge in [-0.15, -0.1) is 0 Å². The molecule has 0 aliphatic carbocycles. The van der Waals surface area contributed by atoms with E-state index < -0.39 is 0 Å². The molecule has 8 heteroatoms. The lowest BCUT2D eigenvalue weighted by molar-refractivity contribution is -0.130. The van der Waals surface area contributed by atoms with E-state index in [0.29, 0.717) is 19.4 Å². The molecule has 212 valence electrons. The normalized spacial score (nSPS) is 12.3. The van der Waals surface area contributed by atoms with Crippen molar-refractivity contribution in [3.63, 3.8) is 0 Å². The maximum atomic E-state index is 11.7. The number of carbonyl (C=O) groups excluding carboxylic acids is 2. The summed E-state index contributed by atoms with van der Waals surface area (Å²) in [5.41, 5.74) is 0.843. The fraction of sp³-hybridized carbons (Fsp3) is 0.567. The van der Waals surface area contributed by atoms with E-state index >= 15 is 0 Å². The molecule has 38 heavy (non-hydrogen) atoms. The molecule has 2 atom stereocenters. The van der Waals surface area contributed by atoms with Gasteiger partial charge >= 0.3 is 0 Å². The van der Waals surface area contributed by atoms with Crippen LogP contribution in [-0.4, -0.2) is 30.5 Å². The van der Waals surface area contributed by atoms with Crippen LogP contribution in [0.25, 0.3) is 0 Å². The van der Waals surface area contributed by atoms with Crippen molar-refractivity contribution in [2.75, 3.05) is 0 Å². The van der Waals surface area contributed by atoms with E-state index in [1.165, 1.54) is 0 Å². The Morgan fingerprint density at radius 2 is 1.37 bits per heavy atom. The van der Waals surface area contributed by atoms with Crippen molar-refractivity contribution >= 4 is 11.8 Å². The van der Waals surface area contributed by atoms with E-state index in [1.807, 2.05) is 99.7 Å². The lowest BCUT2D eigenvalue weighted by Gasteiger charge is -2.21. The van der Waals surface area contributed by atoms with Gasteiger partial charge in [-0.3, -0.25) is 9.59 Å². The van der Waals surface area contributed by atoms with E-state index in [4.69, 9.17) is 0 Å². The van der Waals surface area contributed by atoms with E-state index in [1.54, 1.807) is 0 Å². The summed E-state index contributed by atoms with van der Waals surface area (Å²) < 4.78 is 6.10. The van der Waals surface area contributed by atoms with Gasteiger partial charge < -0.3 is 24.3 Å². The molecule has 0 radical (unpaired) electrons. The van der Waals surface area contributed by atoms with Crippen molar-refractivity contribution < 1.29 is 9.59 Å². The molecule has 2 unspecified atom stereocenters. The highest BCUT2D eigenvalue weighted by atomic mass is 16.2. The van der Waals surface area contributed by atoms with Gasteiger partial charge in [0.05, 0.1) is 19.0 Å². The molecule has 3 rings (SSSR count). The zero-order valence-corrected chi connectivity index (χ0v) is 25.0. The maximum Gasteiger partial charge on any atom is 0.227 e. The molecule has 3 aromatic heterocycles. The molecule has 0 spiro atoms. The van der Waals surface area contributed by atoms with Crippen molar-refractivity contribution in [3.8, 4) is 0 Å². The van der Waals surface area contributed by atoms with Crippen LogP contribution in [0.2, 0.25) is 0 Å². The van der Waals surface area contributed by atoms with Crippen molar-refractivity contribution in [1.29, 1.82) is 0 Å². The number of aromatic nitrogens is 4. The summed E-state index contributed by atoms with van der Waals surface area (Å²) in [7, 11) is 0. The first kappa shape index (κ1) is 32.7. The number of hydrogen-bond donors (Lipinski definition) is 2. The standard InChI is InChI=1S/C11H18N2O.C10H16N2O.C9H16N2/c1-4-11(2,3)10(14)12-9-13-7-5-6-8-13;1-3-9(2)10(13)11-8-12-6-4-5-7-12;1-5-8(3)11-6-7(2)10-9(11)4/h5-8H,4,9H2,1-3H3,(H,12,14);4-7,9H,3,8H2,1-2H3,(H,11,13);6,8H,5H2,1-4H3. The Balaban J connectivity index is 0.000000287. The number of imidazole rings is 1. The van der Waals surface area contributed by atoms with Crippen molar-refractivity contribution in [3.05, 3.63) is 66.8 Å². The molecule has 0 aliphatic rings. The molecule has 0 bridgehead atoms. The minimum Gasteiger partial charge on any atom is -0.338 e. The first-order chi connectivity index (χ1) is 17.9. The van der Waals surface area contributed by atoms with Crippen LogP contribution in [0.4, 0.5) is 0 Å². The zero-order valence-electron chi connectivity index (χ0n) is 25.0. The van der Waals surface area contributed by atoms with Crippen LogP contribution < -0.4 is 10.6 Å². The second kappa shape index (κ2) is 16.5. The van der Waals surface area contributed by atoms with Gasteiger partial charge in [0.15, 0.2) is 0 Å². The summed E-state index contributed by atoms with van der Waals surface area (Å²) in [4.78, 5) is 27.4. The molecule has 0 fully saturated rings. The Hall–Kier alpha value is -3.29. The van der Waals surface area contributed by atoms with Gasteiger partial charge in [-0.05, 0) is 64.3 Å². The zero-order chi connectivity index (χ0) is 28.7. The van der Waals surface area contributed by atoms with Gasteiger partial charge in [-0.2, -0.15) is 0 Å². The highest BCUT2D eigenvalue weighted by Gasteiger charge is 2.24. The molecule has 2 amide bonds. The van der Waals surface area contributed by atoms with Gasteiger partial charge in [0.2, 0.25) is 11.8 Å². The second-order valence-corrected chi connectivity index (χ2v) is 10.4. The largest absolute Gasteiger partial charge is 0.338 e. The molecule has 3 aromatic rings. The Morgan fingerprint density at radius 3 is 1.76 bits per heavy atom. The predicted octanol–water partition coefficient (Wildman–Crippen LogP) is 6.08. The van der Waals surface area contributed by atoms with E-state index in [2.05, 4.69) is 47.2 Å². The minimum absolute atomic E-state index is 0.105. The molecule has 8 nitrogen and oxygen atoms in total. The highest BCUT2D eigenvalue weighted by molar-refractivity contribution is 5.81.